The number of hydrogen-bond acceptors (Lipinski definition) is 2. The van der Waals surface area contributed by atoms with Crippen molar-refractivity contribution in [3.63, 3.8) is 0 Å². The third-order valence-electron chi connectivity index (χ3n) is 3.35. The van der Waals surface area contributed by atoms with Gasteiger partial charge in [0.15, 0.2) is 0 Å². The lowest BCUT2D eigenvalue weighted by Crippen LogP contribution is -2.30. The van der Waals surface area contributed by atoms with Gasteiger partial charge in [0.1, 0.15) is 5.82 Å². The van der Waals surface area contributed by atoms with E-state index in [9.17, 15) is 9.18 Å². The van der Waals surface area contributed by atoms with Crippen LogP contribution in [-0.2, 0) is 0 Å². The maximum absolute atomic E-state index is 13.5. The summed E-state index contributed by atoms with van der Waals surface area (Å²) in [7, 11) is 0. The number of hydrogen-bond donors (Lipinski definition) is 2. The second-order valence-corrected chi connectivity index (χ2v) is 4.89. The highest BCUT2D eigenvalue weighted by Gasteiger charge is 2.28. The first-order chi connectivity index (χ1) is 8.00. The molecule has 0 saturated heterocycles. The molecule has 1 saturated carbocycles. The van der Waals surface area contributed by atoms with Crippen LogP contribution in [0.25, 0.3) is 0 Å². The van der Waals surface area contributed by atoms with Crippen molar-refractivity contribution in [2.75, 3.05) is 5.32 Å². The van der Waals surface area contributed by atoms with Crippen LogP contribution in [0.15, 0.2) is 18.2 Å². The summed E-state index contributed by atoms with van der Waals surface area (Å²) < 4.78 is 13.5. The largest absolute Gasteiger partial charge is 0.478 e. The van der Waals surface area contributed by atoms with Gasteiger partial charge in [-0.05, 0) is 38.0 Å². The van der Waals surface area contributed by atoms with Crippen LogP contribution in [0.4, 0.5) is 10.1 Å². The van der Waals surface area contributed by atoms with E-state index in [4.69, 9.17) is 5.11 Å². The molecule has 1 aromatic carbocycles. The monoisotopic (exact) mass is 237 g/mol. The molecule has 4 heteroatoms. The number of halogens is 1. The third kappa shape index (κ3) is 2.57. The molecule has 2 N–H and O–H groups in total. The summed E-state index contributed by atoms with van der Waals surface area (Å²) in [6, 6.07) is 4.18. The summed E-state index contributed by atoms with van der Waals surface area (Å²) in [5.41, 5.74) is 0.376. The zero-order chi connectivity index (χ0) is 12.5. The summed E-state index contributed by atoms with van der Waals surface area (Å²) >= 11 is 0. The number of aromatic carboxylic acids is 1. The number of carboxylic acid groups (broad SMARTS) is 1. The van der Waals surface area contributed by atoms with Gasteiger partial charge < -0.3 is 10.4 Å². The molecule has 0 bridgehead atoms. The van der Waals surface area contributed by atoms with Gasteiger partial charge in [-0.3, -0.25) is 0 Å². The first kappa shape index (κ1) is 11.9. The molecule has 3 nitrogen and oxygen atoms in total. The summed E-state index contributed by atoms with van der Waals surface area (Å²) in [5.74, 6) is -1.93. The van der Waals surface area contributed by atoms with E-state index in [1.807, 2.05) is 0 Å². The second-order valence-electron chi connectivity index (χ2n) is 4.89. The molecule has 1 aliphatic rings. The van der Waals surface area contributed by atoms with Gasteiger partial charge in [-0.15, -0.1) is 0 Å². The summed E-state index contributed by atoms with van der Waals surface area (Å²) in [6.45, 7) is 2.11. The molecule has 0 aliphatic heterocycles. The predicted octanol–water partition coefficient (Wildman–Crippen LogP) is 3.27. The van der Waals surface area contributed by atoms with Crippen molar-refractivity contribution < 1.29 is 14.3 Å². The van der Waals surface area contributed by atoms with E-state index in [0.717, 1.165) is 12.8 Å². The Bertz CT molecular complexity index is 439. The van der Waals surface area contributed by atoms with Crippen LogP contribution in [0.5, 0.6) is 0 Å². The Morgan fingerprint density at radius 3 is 2.59 bits per heavy atom. The zero-order valence-electron chi connectivity index (χ0n) is 9.79. The minimum atomic E-state index is -1.24. The zero-order valence-corrected chi connectivity index (χ0v) is 9.79. The van der Waals surface area contributed by atoms with E-state index in [-0.39, 0.29) is 11.1 Å². The first-order valence-corrected chi connectivity index (χ1v) is 5.81. The van der Waals surface area contributed by atoms with Crippen LogP contribution in [0, 0.1) is 5.82 Å². The molecule has 1 aliphatic carbocycles. The van der Waals surface area contributed by atoms with Crippen molar-refractivity contribution in [3.8, 4) is 0 Å². The normalized spacial score (nSPS) is 18.0. The van der Waals surface area contributed by atoms with Crippen LogP contribution in [0.2, 0.25) is 0 Å². The van der Waals surface area contributed by atoms with Crippen molar-refractivity contribution in [2.24, 2.45) is 0 Å². The van der Waals surface area contributed by atoms with E-state index in [0.29, 0.717) is 5.69 Å². The highest BCUT2D eigenvalue weighted by molar-refractivity contribution is 5.88. The second kappa shape index (κ2) is 4.35. The Kier molecular flexibility index (Phi) is 3.05. The van der Waals surface area contributed by atoms with E-state index in [2.05, 4.69) is 12.2 Å². The third-order valence-corrected chi connectivity index (χ3v) is 3.35. The van der Waals surface area contributed by atoms with Crippen LogP contribution in [0.3, 0.4) is 0 Å². The summed E-state index contributed by atoms with van der Waals surface area (Å²) in [5, 5.41) is 12.0. The summed E-state index contributed by atoms with van der Waals surface area (Å²) in [4.78, 5) is 10.7. The molecular weight excluding hydrogens is 221 g/mol. The Morgan fingerprint density at radius 2 is 2.06 bits per heavy atom. The molecule has 0 aromatic heterocycles. The number of benzene rings is 1. The van der Waals surface area contributed by atoms with Gasteiger partial charge in [0, 0.05) is 11.2 Å². The fourth-order valence-corrected chi connectivity index (χ4v) is 2.40. The highest BCUT2D eigenvalue weighted by Crippen LogP contribution is 2.32. The van der Waals surface area contributed by atoms with Crippen molar-refractivity contribution in [1.82, 2.24) is 0 Å². The van der Waals surface area contributed by atoms with Crippen molar-refractivity contribution >= 4 is 11.7 Å². The van der Waals surface area contributed by atoms with E-state index < -0.39 is 11.8 Å². The van der Waals surface area contributed by atoms with Crippen LogP contribution in [0.1, 0.15) is 43.0 Å². The SMILES string of the molecule is CC1(Nc2ccc(C(=O)O)c(F)c2)CCCC1. The quantitative estimate of drug-likeness (QED) is 0.848. The number of nitrogens with one attached hydrogen (secondary N) is 1. The van der Waals surface area contributed by atoms with E-state index >= 15 is 0 Å². The molecule has 0 spiro atoms. The molecule has 17 heavy (non-hydrogen) atoms. The fraction of sp³-hybridized carbons (Fsp3) is 0.462. The molecule has 0 heterocycles. The Hall–Kier alpha value is -1.58. The molecule has 2 rings (SSSR count). The number of rotatable bonds is 3. The highest BCUT2D eigenvalue weighted by atomic mass is 19.1. The summed E-state index contributed by atoms with van der Waals surface area (Å²) in [6.07, 6.45) is 4.49. The molecular formula is C13H16FNO2. The van der Waals surface area contributed by atoms with Crippen LogP contribution < -0.4 is 5.32 Å². The minimum absolute atomic E-state index is 0.0111. The number of anilines is 1. The minimum Gasteiger partial charge on any atom is -0.478 e. The average molecular weight is 237 g/mol. The lowest BCUT2D eigenvalue weighted by atomic mass is 10.00. The first-order valence-electron chi connectivity index (χ1n) is 5.81. The topological polar surface area (TPSA) is 49.3 Å². The average Bonchev–Trinajstić information content (AvgIpc) is 2.64. The standard InChI is InChI=1S/C13H16FNO2/c1-13(6-2-3-7-13)15-9-4-5-10(12(16)17)11(14)8-9/h4-5,8,15H,2-3,6-7H2,1H3,(H,16,17). The smallest absolute Gasteiger partial charge is 0.338 e. The molecule has 0 unspecified atom stereocenters. The van der Waals surface area contributed by atoms with Gasteiger partial charge in [0.25, 0.3) is 0 Å². The number of carbonyl (C=O) groups is 1. The van der Waals surface area contributed by atoms with E-state index in [1.165, 1.54) is 25.0 Å². The fourth-order valence-electron chi connectivity index (χ4n) is 2.40. The Morgan fingerprint density at radius 1 is 1.41 bits per heavy atom. The van der Waals surface area contributed by atoms with Gasteiger partial charge in [-0.1, -0.05) is 12.8 Å². The van der Waals surface area contributed by atoms with Gasteiger partial charge in [-0.2, -0.15) is 0 Å². The Balaban J connectivity index is 2.17. The molecule has 0 radical (unpaired) electrons. The number of carboxylic acids is 1. The van der Waals surface area contributed by atoms with Gasteiger partial charge in [0.2, 0.25) is 0 Å². The molecule has 92 valence electrons. The maximum Gasteiger partial charge on any atom is 0.338 e. The van der Waals surface area contributed by atoms with Crippen molar-refractivity contribution in [3.05, 3.63) is 29.6 Å². The molecule has 0 atom stereocenters. The lowest BCUT2D eigenvalue weighted by molar-refractivity contribution is 0.0692. The Labute approximate surface area is 99.7 Å². The van der Waals surface area contributed by atoms with Crippen LogP contribution >= 0.6 is 0 Å². The van der Waals surface area contributed by atoms with Crippen molar-refractivity contribution in [2.45, 2.75) is 38.1 Å². The van der Waals surface area contributed by atoms with Crippen molar-refractivity contribution in [1.29, 1.82) is 0 Å². The maximum atomic E-state index is 13.5. The molecule has 1 fully saturated rings. The lowest BCUT2D eigenvalue weighted by Gasteiger charge is -2.26. The van der Waals surface area contributed by atoms with Gasteiger partial charge in [0.05, 0.1) is 5.56 Å². The van der Waals surface area contributed by atoms with E-state index in [1.54, 1.807) is 6.07 Å². The molecule has 0 amide bonds. The molecule has 1 aromatic rings. The van der Waals surface area contributed by atoms with Gasteiger partial charge >= 0.3 is 5.97 Å². The van der Waals surface area contributed by atoms with Crippen LogP contribution in [-0.4, -0.2) is 16.6 Å². The predicted molar refractivity (Wildman–Crippen MR) is 63.9 cm³/mol. The van der Waals surface area contributed by atoms with Gasteiger partial charge in [-0.25, -0.2) is 9.18 Å².